The van der Waals surface area contributed by atoms with Crippen molar-refractivity contribution in [2.24, 2.45) is 0 Å². The Labute approximate surface area is 125 Å². The third-order valence-electron chi connectivity index (χ3n) is 4.25. The summed E-state index contributed by atoms with van der Waals surface area (Å²) < 4.78 is 17.9. The lowest BCUT2D eigenvalue weighted by molar-refractivity contribution is 0.00578. The minimum atomic E-state index is -0.403. The van der Waals surface area contributed by atoms with Crippen LogP contribution in [0, 0.1) is 0 Å². The Balaban J connectivity index is 1.85. The molecule has 3 rings (SSSR count). The molecule has 2 aliphatic rings. The standard InChI is InChI=1S/C15H20BClO3/c1-14(2)15(3,4)20-16(19-14)10-7-11(17)9-13(8-10)18-12-5-6-12/h7-9,12H,5-6H2,1-4H3. The van der Waals surface area contributed by atoms with E-state index in [2.05, 4.69) is 0 Å². The van der Waals surface area contributed by atoms with Gasteiger partial charge in [-0.1, -0.05) is 11.6 Å². The average molecular weight is 295 g/mol. The fourth-order valence-electron chi connectivity index (χ4n) is 2.15. The van der Waals surface area contributed by atoms with Crippen LogP contribution in [0.4, 0.5) is 0 Å². The number of hydrogen-bond acceptors (Lipinski definition) is 3. The van der Waals surface area contributed by atoms with E-state index < -0.39 is 7.12 Å². The van der Waals surface area contributed by atoms with Crippen LogP contribution >= 0.6 is 11.6 Å². The molecule has 1 saturated heterocycles. The van der Waals surface area contributed by atoms with Gasteiger partial charge in [0.1, 0.15) is 5.75 Å². The Morgan fingerprint density at radius 1 is 1.10 bits per heavy atom. The van der Waals surface area contributed by atoms with Crippen molar-refractivity contribution in [1.82, 2.24) is 0 Å². The van der Waals surface area contributed by atoms with E-state index in [0.717, 1.165) is 24.1 Å². The molecule has 0 bridgehead atoms. The maximum absolute atomic E-state index is 6.18. The van der Waals surface area contributed by atoms with E-state index in [1.807, 2.05) is 45.9 Å². The first kappa shape index (κ1) is 14.2. The summed E-state index contributed by atoms with van der Waals surface area (Å²) in [7, 11) is -0.403. The lowest BCUT2D eigenvalue weighted by atomic mass is 9.79. The van der Waals surface area contributed by atoms with E-state index >= 15 is 0 Å². The van der Waals surface area contributed by atoms with Crippen molar-refractivity contribution in [3.8, 4) is 5.75 Å². The highest BCUT2D eigenvalue weighted by Crippen LogP contribution is 2.37. The highest BCUT2D eigenvalue weighted by atomic mass is 35.5. The smallest absolute Gasteiger partial charge is 0.490 e. The van der Waals surface area contributed by atoms with Crippen LogP contribution in [0.3, 0.4) is 0 Å². The van der Waals surface area contributed by atoms with Crippen LogP contribution in [0.25, 0.3) is 0 Å². The zero-order valence-corrected chi connectivity index (χ0v) is 13.2. The molecule has 20 heavy (non-hydrogen) atoms. The van der Waals surface area contributed by atoms with Crippen LogP contribution in [0.1, 0.15) is 40.5 Å². The summed E-state index contributed by atoms with van der Waals surface area (Å²) in [5.74, 6) is 0.796. The van der Waals surface area contributed by atoms with Crippen LogP contribution in [0.15, 0.2) is 18.2 Å². The third kappa shape index (κ3) is 2.69. The SMILES string of the molecule is CC1(C)OB(c2cc(Cl)cc(OC3CC3)c2)OC1(C)C. The van der Waals surface area contributed by atoms with Crippen molar-refractivity contribution >= 4 is 24.2 Å². The first-order valence-electron chi connectivity index (χ1n) is 7.10. The topological polar surface area (TPSA) is 27.7 Å². The molecule has 1 saturated carbocycles. The fraction of sp³-hybridized carbons (Fsp3) is 0.600. The minimum absolute atomic E-state index is 0.347. The van der Waals surface area contributed by atoms with Crippen LogP contribution in [0.2, 0.25) is 5.02 Å². The van der Waals surface area contributed by atoms with E-state index in [0.29, 0.717) is 11.1 Å². The summed E-state index contributed by atoms with van der Waals surface area (Å²) in [6.45, 7) is 8.16. The summed E-state index contributed by atoms with van der Waals surface area (Å²) in [6.07, 6.45) is 2.59. The normalized spacial score (nSPS) is 23.9. The summed E-state index contributed by atoms with van der Waals surface area (Å²) in [5, 5.41) is 0.646. The molecular weight excluding hydrogens is 274 g/mol. The molecule has 0 N–H and O–H groups in total. The second kappa shape index (κ2) is 4.65. The van der Waals surface area contributed by atoms with Gasteiger partial charge >= 0.3 is 7.12 Å². The number of benzene rings is 1. The van der Waals surface area contributed by atoms with Gasteiger partial charge in [0, 0.05) is 5.02 Å². The predicted octanol–water partition coefficient (Wildman–Crippen LogP) is 3.18. The molecule has 3 nitrogen and oxygen atoms in total. The number of hydrogen-bond donors (Lipinski definition) is 0. The highest BCUT2D eigenvalue weighted by Gasteiger charge is 2.51. The molecule has 5 heteroatoms. The number of halogens is 1. The summed E-state index contributed by atoms with van der Waals surface area (Å²) in [4.78, 5) is 0. The van der Waals surface area contributed by atoms with Crippen molar-refractivity contribution < 1.29 is 14.0 Å². The maximum atomic E-state index is 6.18. The molecule has 1 aromatic carbocycles. The minimum Gasteiger partial charge on any atom is -0.490 e. The van der Waals surface area contributed by atoms with E-state index in [1.165, 1.54) is 0 Å². The van der Waals surface area contributed by atoms with Gasteiger partial charge in [0.25, 0.3) is 0 Å². The molecule has 1 aromatic rings. The van der Waals surface area contributed by atoms with Crippen LogP contribution in [0.5, 0.6) is 5.75 Å². The lowest BCUT2D eigenvalue weighted by Gasteiger charge is -2.32. The molecular formula is C15H20BClO3. The summed E-state index contributed by atoms with van der Waals surface area (Å²) in [5.41, 5.74) is 0.210. The highest BCUT2D eigenvalue weighted by molar-refractivity contribution is 6.62. The van der Waals surface area contributed by atoms with Crippen LogP contribution in [-0.4, -0.2) is 24.4 Å². The van der Waals surface area contributed by atoms with Gasteiger partial charge in [-0.3, -0.25) is 0 Å². The molecule has 0 aromatic heterocycles. The summed E-state index contributed by atoms with van der Waals surface area (Å²) in [6, 6.07) is 5.68. The van der Waals surface area contributed by atoms with Gasteiger partial charge in [-0.25, -0.2) is 0 Å². The first-order valence-corrected chi connectivity index (χ1v) is 7.47. The quantitative estimate of drug-likeness (QED) is 0.801. The van der Waals surface area contributed by atoms with E-state index in [-0.39, 0.29) is 11.2 Å². The van der Waals surface area contributed by atoms with Crippen molar-refractivity contribution in [3.63, 3.8) is 0 Å². The maximum Gasteiger partial charge on any atom is 0.495 e. The number of ether oxygens (including phenoxy) is 1. The van der Waals surface area contributed by atoms with Crippen molar-refractivity contribution in [3.05, 3.63) is 23.2 Å². The Morgan fingerprint density at radius 2 is 1.70 bits per heavy atom. The molecule has 0 atom stereocenters. The zero-order valence-electron chi connectivity index (χ0n) is 12.4. The second-order valence-electron chi connectivity index (χ2n) is 6.63. The van der Waals surface area contributed by atoms with Crippen molar-refractivity contribution in [2.45, 2.75) is 57.8 Å². The molecule has 108 valence electrons. The van der Waals surface area contributed by atoms with Gasteiger partial charge < -0.3 is 14.0 Å². The van der Waals surface area contributed by atoms with Gasteiger partial charge in [-0.2, -0.15) is 0 Å². The lowest BCUT2D eigenvalue weighted by Crippen LogP contribution is -2.41. The molecule has 0 spiro atoms. The third-order valence-corrected chi connectivity index (χ3v) is 4.46. The molecule has 1 aliphatic heterocycles. The van der Waals surface area contributed by atoms with Crippen LogP contribution < -0.4 is 10.2 Å². The largest absolute Gasteiger partial charge is 0.495 e. The number of rotatable bonds is 3. The van der Waals surface area contributed by atoms with Gasteiger partial charge in [-0.05, 0) is 64.2 Å². The molecule has 1 heterocycles. The Bertz CT molecular complexity index is 510. The van der Waals surface area contributed by atoms with Crippen molar-refractivity contribution in [1.29, 1.82) is 0 Å². The van der Waals surface area contributed by atoms with Crippen LogP contribution in [-0.2, 0) is 9.31 Å². The van der Waals surface area contributed by atoms with Gasteiger partial charge in [-0.15, -0.1) is 0 Å². The zero-order chi connectivity index (χ0) is 14.5. The van der Waals surface area contributed by atoms with Gasteiger partial charge in [0.2, 0.25) is 0 Å². The Kier molecular flexibility index (Phi) is 3.31. The molecule has 1 aliphatic carbocycles. The Morgan fingerprint density at radius 3 is 2.25 bits per heavy atom. The summed E-state index contributed by atoms with van der Waals surface area (Å²) >= 11 is 6.18. The molecule has 0 amide bonds. The molecule has 0 radical (unpaired) electrons. The predicted molar refractivity (Wildman–Crippen MR) is 80.8 cm³/mol. The van der Waals surface area contributed by atoms with E-state index in [9.17, 15) is 0 Å². The average Bonchev–Trinajstić information content (AvgIpc) is 3.06. The monoisotopic (exact) mass is 294 g/mol. The van der Waals surface area contributed by atoms with Crippen molar-refractivity contribution in [2.75, 3.05) is 0 Å². The second-order valence-corrected chi connectivity index (χ2v) is 7.06. The Hall–Kier alpha value is -0.705. The van der Waals surface area contributed by atoms with Gasteiger partial charge in [0.15, 0.2) is 0 Å². The fourth-order valence-corrected chi connectivity index (χ4v) is 2.38. The molecule has 0 unspecified atom stereocenters. The molecule has 2 fully saturated rings. The van der Waals surface area contributed by atoms with Gasteiger partial charge in [0.05, 0.1) is 17.3 Å². The first-order chi connectivity index (χ1) is 9.27. The van der Waals surface area contributed by atoms with E-state index in [1.54, 1.807) is 0 Å². The van der Waals surface area contributed by atoms with E-state index in [4.69, 9.17) is 25.6 Å².